The highest BCUT2D eigenvalue weighted by atomic mass is 19.1. The molecule has 2 N–H and O–H groups in total. The first-order valence-corrected chi connectivity index (χ1v) is 9.33. The lowest BCUT2D eigenvalue weighted by Crippen LogP contribution is -2.44. The number of pyridine rings is 1. The quantitative estimate of drug-likeness (QED) is 0.588. The van der Waals surface area contributed by atoms with Crippen LogP contribution in [0, 0.1) is 11.6 Å². The number of benzene rings is 1. The fourth-order valence-corrected chi connectivity index (χ4v) is 3.17. The van der Waals surface area contributed by atoms with Crippen molar-refractivity contribution in [1.29, 1.82) is 0 Å². The van der Waals surface area contributed by atoms with Gasteiger partial charge in [0.1, 0.15) is 0 Å². The average Bonchev–Trinajstić information content (AvgIpc) is 3.15. The third kappa shape index (κ3) is 4.88. The zero-order valence-electron chi connectivity index (χ0n) is 16.1. The van der Waals surface area contributed by atoms with Gasteiger partial charge in [-0.05, 0) is 43.2 Å². The molecule has 2 heterocycles. The number of anilines is 1. The third-order valence-corrected chi connectivity index (χ3v) is 4.55. The number of aromatic nitrogens is 1. The fraction of sp³-hybridized carbons (Fsp3) is 0.400. The molecule has 28 heavy (non-hydrogen) atoms. The molecule has 1 atom stereocenters. The number of rotatable bonds is 6. The number of nitrogens with one attached hydrogen (secondary N) is 2. The molecule has 1 aliphatic rings. The van der Waals surface area contributed by atoms with Gasteiger partial charge in [0.25, 0.3) is 0 Å². The van der Waals surface area contributed by atoms with Crippen molar-refractivity contribution in [3.8, 4) is 5.75 Å². The summed E-state index contributed by atoms with van der Waals surface area (Å²) in [5, 5.41) is 6.57. The molecule has 0 saturated carbocycles. The smallest absolute Gasteiger partial charge is 0.191 e. The van der Waals surface area contributed by atoms with Gasteiger partial charge in [0.15, 0.2) is 29.2 Å². The predicted molar refractivity (Wildman–Crippen MR) is 106 cm³/mol. The number of aliphatic imine (C=N–C) groups is 1. The second kappa shape index (κ2) is 9.34. The largest absolute Gasteiger partial charge is 0.494 e. The van der Waals surface area contributed by atoms with Crippen molar-refractivity contribution in [3.05, 3.63) is 53.7 Å². The van der Waals surface area contributed by atoms with Crippen molar-refractivity contribution in [2.75, 3.05) is 31.6 Å². The molecular formula is C20H25F2N5O. The highest BCUT2D eigenvalue weighted by molar-refractivity contribution is 5.80. The Morgan fingerprint density at radius 2 is 2.18 bits per heavy atom. The molecule has 0 radical (unpaired) electrons. The molecule has 1 unspecified atom stereocenters. The molecule has 1 fully saturated rings. The van der Waals surface area contributed by atoms with Gasteiger partial charge in [-0.15, -0.1) is 0 Å². The maximum atomic E-state index is 13.9. The highest BCUT2D eigenvalue weighted by Crippen LogP contribution is 2.21. The second-order valence-electron chi connectivity index (χ2n) is 6.55. The molecule has 3 rings (SSSR count). The van der Waals surface area contributed by atoms with Crippen LogP contribution in [0.5, 0.6) is 5.75 Å². The summed E-state index contributed by atoms with van der Waals surface area (Å²) in [4.78, 5) is 10.6. The van der Waals surface area contributed by atoms with E-state index in [1.807, 2.05) is 11.8 Å². The first kappa shape index (κ1) is 19.9. The number of guanidine groups is 1. The van der Waals surface area contributed by atoms with E-state index in [0.717, 1.165) is 12.0 Å². The Hall–Kier alpha value is -2.90. The summed E-state index contributed by atoms with van der Waals surface area (Å²) in [7, 11) is 1.44. The average molecular weight is 389 g/mol. The van der Waals surface area contributed by atoms with E-state index in [2.05, 4.69) is 20.6 Å². The minimum absolute atomic E-state index is 0.117. The number of hydrogen-bond acceptors (Lipinski definition) is 4. The van der Waals surface area contributed by atoms with Gasteiger partial charge in [0.2, 0.25) is 0 Å². The number of ether oxygens (including phenoxy) is 1. The van der Waals surface area contributed by atoms with Gasteiger partial charge in [0, 0.05) is 31.9 Å². The summed E-state index contributed by atoms with van der Waals surface area (Å²) in [5.74, 6) is 0.516. The van der Waals surface area contributed by atoms with E-state index in [9.17, 15) is 8.78 Å². The summed E-state index contributed by atoms with van der Waals surface area (Å²) in [6, 6.07) is 7.93. The SMILES string of the molecule is CCNC(=NCc1ccc(OC)c(F)c1)NC1CCN(c2ncccc2F)C1. The van der Waals surface area contributed by atoms with E-state index in [0.29, 0.717) is 38.0 Å². The van der Waals surface area contributed by atoms with Gasteiger partial charge in [-0.25, -0.2) is 18.8 Å². The maximum Gasteiger partial charge on any atom is 0.191 e. The van der Waals surface area contributed by atoms with E-state index in [1.54, 1.807) is 24.4 Å². The predicted octanol–water partition coefficient (Wildman–Crippen LogP) is 2.70. The monoisotopic (exact) mass is 389 g/mol. The Bertz CT molecular complexity index is 830. The minimum atomic E-state index is -0.406. The van der Waals surface area contributed by atoms with Crippen LogP contribution in [-0.4, -0.2) is 43.7 Å². The van der Waals surface area contributed by atoms with Crippen molar-refractivity contribution in [3.63, 3.8) is 0 Å². The van der Waals surface area contributed by atoms with Gasteiger partial charge >= 0.3 is 0 Å². The topological polar surface area (TPSA) is 61.8 Å². The molecule has 6 nitrogen and oxygen atoms in total. The number of methoxy groups -OCH3 is 1. The summed E-state index contributed by atoms with van der Waals surface area (Å²) >= 11 is 0. The van der Waals surface area contributed by atoms with Crippen molar-refractivity contribution < 1.29 is 13.5 Å². The first-order valence-electron chi connectivity index (χ1n) is 9.33. The van der Waals surface area contributed by atoms with Crippen LogP contribution < -0.4 is 20.3 Å². The summed E-state index contributed by atoms with van der Waals surface area (Å²) < 4.78 is 32.7. The van der Waals surface area contributed by atoms with Crippen LogP contribution in [0.3, 0.4) is 0 Å². The Morgan fingerprint density at radius 1 is 1.32 bits per heavy atom. The number of halogens is 2. The molecule has 1 aliphatic heterocycles. The molecule has 1 saturated heterocycles. The Balaban J connectivity index is 1.62. The van der Waals surface area contributed by atoms with Gasteiger partial charge in [-0.1, -0.05) is 6.07 Å². The normalized spacial score (nSPS) is 16.9. The molecule has 2 aromatic rings. The molecule has 1 aromatic heterocycles. The van der Waals surface area contributed by atoms with Crippen LogP contribution in [0.15, 0.2) is 41.5 Å². The van der Waals surface area contributed by atoms with Crippen LogP contribution in [-0.2, 0) is 6.54 Å². The van der Waals surface area contributed by atoms with E-state index >= 15 is 0 Å². The third-order valence-electron chi connectivity index (χ3n) is 4.55. The molecule has 1 aromatic carbocycles. The van der Waals surface area contributed by atoms with Crippen LogP contribution >= 0.6 is 0 Å². The lowest BCUT2D eigenvalue weighted by molar-refractivity contribution is 0.386. The zero-order valence-corrected chi connectivity index (χ0v) is 16.1. The Kier molecular flexibility index (Phi) is 6.62. The van der Waals surface area contributed by atoms with Gasteiger partial charge in [-0.3, -0.25) is 0 Å². The number of nitrogens with zero attached hydrogens (tertiary/aromatic N) is 3. The van der Waals surface area contributed by atoms with Gasteiger partial charge in [-0.2, -0.15) is 0 Å². The van der Waals surface area contributed by atoms with E-state index in [1.165, 1.54) is 19.2 Å². The van der Waals surface area contributed by atoms with Gasteiger partial charge < -0.3 is 20.3 Å². The van der Waals surface area contributed by atoms with Gasteiger partial charge in [0.05, 0.1) is 13.7 Å². The van der Waals surface area contributed by atoms with Crippen LogP contribution in [0.1, 0.15) is 18.9 Å². The molecule has 0 aliphatic carbocycles. The standard InChI is InChI=1S/C20H25F2N5O/c1-3-23-20(25-12-14-6-7-18(28-2)17(22)11-14)26-15-8-10-27(13-15)19-16(21)5-4-9-24-19/h4-7,9,11,15H,3,8,10,12-13H2,1-2H3,(H2,23,25,26). The number of hydrogen-bond donors (Lipinski definition) is 2. The van der Waals surface area contributed by atoms with E-state index in [-0.39, 0.29) is 17.6 Å². The van der Waals surface area contributed by atoms with Crippen LogP contribution in [0.25, 0.3) is 0 Å². The highest BCUT2D eigenvalue weighted by Gasteiger charge is 2.25. The molecule has 150 valence electrons. The van der Waals surface area contributed by atoms with Crippen molar-refractivity contribution >= 4 is 11.8 Å². The van der Waals surface area contributed by atoms with Crippen molar-refractivity contribution in [1.82, 2.24) is 15.6 Å². The van der Waals surface area contributed by atoms with Crippen molar-refractivity contribution in [2.45, 2.75) is 25.9 Å². The lowest BCUT2D eigenvalue weighted by atomic mass is 10.2. The Labute approximate surface area is 163 Å². The first-order chi connectivity index (χ1) is 13.6. The molecular weight excluding hydrogens is 364 g/mol. The second-order valence-corrected chi connectivity index (χ2v) is 6.55. The van der Waals surface area contributed by atoms with Crippen LogP contribution in [0.2, 0.25) is 0 Å². The summed E-state index contributed by atoms with van der Waals surface area (Å²) in [6.45, 7) is 4.37. The Morgan fingerprint density at radius 3 is 2.89 bits per heavy atom. The summed E-state index contributed by atoms with van der Waals surface area (Å²) in [6.07, 6.45) is 2.44. The maximum absolute atomic E-state index is 13.9. The fourth-order valence-electron chi connectivity index (χ4n) is 3.17. The molecule has 0 bridgehead atoms. The zero-order chi connectivity index (χ0) is 19.9. The molecule has 8 heteroatoms. The van der Waals surface area contributed by atoms with Crippen molar-refractivity contribution in [2.24, 2.45) is 4.99 Å². The molecule has 0 spiro atoms. The molecule has 0 amide bonds. The summed E-state index contributed by atoms with van der Waals surface area (Å²) in [5.41, 5.74) is 0.749. The van der Waals surface area contributed by atoms with Crippen LogP contribution in [0.4, 0.5) is 14.6 Å². The van der Waals surface area contributed by atoms with E-state index < -0.39 is 5.82 Å². The lowest BCUT2D eigenvalue weighted by Gasteiger charge is -2.20. The van der Waals surface area contributed by atoms with E-state index in [4.69, 9.17) is 4.74 Å². The minimum Gasteiger partial charge on any atom is -0.494 e.